The highest BCUT2D eigenvalue weighted by Crippen LogP contribution is 2.15. The number of benzene rings is 2. The Morgan fingerprint density at radius 3 is 2.46 bits per heavy atom. The van der Waals surface area contributed by atoms with Crippen molar-refractivity contribution in [2.75, 3.05) is 7.11 Å². The molecule has 4 aromatic rings. The first kappa shape index (κ1) is 18.1. The van der Waals surface area contributed by atoms with Crippen molar-refractivity contribution in [2.24, 2.45) is 0 Å². The molecule has 0 bridgehead atoms. The first-order chi connectivity index (χ1) is 12.3. The van der Waals surface area contributed by atoms with Crippen LogP contribution < -0.4 is 26.3 Å². The average molecular weight is 410 g/mol. The topological polar surface area (TPSA) is 30.4 Å². The molecule has 0 aliphatic heterocycles. The van der Waals surface area contributed by atoms with Gasteiger partial charge < -0.3 is 21.7 Å². The predicted octanol–water partition coefficient (Wildman–Crippen LogP) is 0.273. The molecule has 0 amide bonds. The number of aromatic nitrogens is 3. The van der Waals surface area contributed by atoms with Crippen LogP contribution in [0, 0.1) is 0 Å². The lowest BCUT2D eigenvalue weighted by molar-refractivity contribution is -0.664. The summed E-state index contributed by atoms with van der Waals surface area (Å²) in [5.74, 6) is 1.83. The summed E-state index contributed by atoms with van der Waals surface area (Å²) < 4.78 is 9.60. The molecule has 0 aliphatic carbocycles. The fourth-order valence-electron chi connectivity index (χ4n) is 3.08. The number of nitrogens with zero attached hydrogens (tertiary/aromatic N) is 3. The van der Waals surface area contributed by atoms with Gasteiger partial charge in [-0.2, -0.15) is 0 Å². The maximum atomic E-state index is 5.24. The van der Waals surface area contributed by atoms with Gasteiger partial charge in [-0.25, -0.2) is 8.97 Å². The summed E-state index contributed by atoms with van der Waals surface area (Å²) in [6, 6.07) is 20.6. The van der Waals surface area contributed by atoms with E-state index in [0.717, 1.165) is 24.5 Å². The average Bonchev–Trinajstić information content (AvgIpc) is 3.01. The molecule has 0 atom stereocenters. The van der Waals surface area contributed by atoms with E-state index >= 15 is 0 Å². The van der Waals surface area contributed by atoms with Crippen molar-refractivity contribution in [2.45, 2.75) is 13.0 Å². The molecule has 4 rings (SSSR count). The van der Waals surface area contributed by atoms with Crippen molar-refractivity contribution in [1.82, 2.24) is 9.38 Å². The predicted molar refractivity (Wildman–Crippen MR) is 96.7 cm³/mol. The third-order valence-electron chi connectivity index (χ3n) is 4.34. The summed E-state index contributed by atoms with van der Waals surface area (Å²) >= 11 is 0. The third-order valence-corrected chi connectivity index (χ3v) is 4.34. The van der Waals surface area contributed by atoms with E-state index in [1.807, 2.05) is 30.5 Å². The van der Waals surface area contributed by atoms with E-state index in [4.69, 9.17) is 4.74 Å². The molecule has 5 heteroatoms. The van der Waals surface area contributed by atoms with Gasteiger partial charge >= 0.3 is 5.78 Å². The summed E-state index contributed by atoms with van der Waals surface area (Å²) in [6.45, 7) is 0.809. The Kier molecular flexibility index (Phi) is 5.68. The van der Waals surface area contributed by atoms with Crippen LogP contribution in [0.4, 0.5) is 0 Å². The molecular weight excluding hydrogens is 390 g/mol. The van der Waals surface area contributed by atoms with E-state index in [0.29, 0.717) is 0 Å². The van der Waals surface area contributed by atoms with Crippen LogP contribution in [0.1, 0.15) is 16.8 Å². The van der Waals surface area contributed by atoms with Gasteiger partial charge in [-0.05, 0) is 23.3 Å². The number of hydrogen-bond donors (Lipinski definition) is 0. The summed E-state index contributed by atoms with van der Waals surface area (Å²) in [7, 11) is 1.69. The maximum absolute atomic E-state index is 5.24. The van der Waals surface area contributed by atoms with Crippen LogP contribution in [0.5, 0.6) is 5.75 Å². The highest BCUT2D eigenvalue weighted by molar-refractivity contribution is 5.32. The van der Waals surface area contributed by atoms with Gasteiger partial charge in [0, 0.05) is 12.5 Å². The fourth-order valence-corrected chi connectivity index (χ4v) is 3.08. The van der Waals surface area contributed by atoms with Gasteiger partial charge in [0.2, 0.25) is 0 Å². The van der Waals surface area contributed by atoms with Crippen LogP contribution in [0.15, 0.2) is 79.3 Å². The SMILES string of the molecule is COc1ccc(Cc2c[n+](Cc3ccccc3)c3ncccn23)cc1.[Br-]. The second-order valence-electron chi connectivity index (χ2n) is 6.05. The van der Waals surface area contributed by atoms with Gasteiger partial charge in [0.15, 0.2) is 0 Å². The van der Waals surface area contributed by atoms with Gasteiger partial charge in [-0.1, -0.05) is 47.4 Å². The van der Waals surface area contributed by atoms with Crippen molar-refractivity contribution >= 4 is 5.78 Å². The zero-order valence-corrected chi connectivity index (χ0v) is 16.1. The molecule has 26 heavy (non-hydrogen) atoms. The molecule has 2 aromatic carbocycles. The van der Waals surface area contributed by atoms with Crippen LogP contribution >= 0.6 is 0 Å². The van der Waals surface area contributed by atoms with Crippen LogP contribution in [0.25, 0.3) is 5.78 Å². The minimum absolute atomic E-state index is 0. The summed E-state index contributed by atoms with van der Waals surface area (Å²) in [5.41, 5.74) is 3.72. The zero-order valence-electron chi connectivity index (χ0n) is 14.5. The Morgan fingerprint density at radius 2 is 1.73 bits per heavy atom. The lowest BCUT2D eigenvalue weighted by atomic mass is 10.1. The standard InChI is InChI=1S/C21H20N3O.BrH/c1-25-20-10-8-17(9-11-20)14-19-16-23(15-18-6-3-2-4-7-18)21-22-12-5-13-24(19)21;/h2-13,16H,14-15H2,1H3;1H/q+1;/p-1. The summed E-state index contributed by atoms with van der Waals surface area (Å²) in [5, 5.41) is 0. The van der Waals surface area contributed by atoms with Gasteiger partial charge in [-0.3, -0.25) is 0 Å². The number of methoxy groups -OCH3 is 1. The summed E-state index contributed by atoms with van der Waals surface area (Å²) in [6.07, 6.45) is 6.95. The van der Waals surface area contributed by atoms with Gasteiger partial charge in [0.05, 0.1) is 19.9 Å². The minimum Gasteiger partial charge on any atom is -1.00 e. The Bertz CT molecular complexity index is 981. The van der Waals surface area contributed by atoms with E-state index in [1.54, 1.807) is 7.11 Å². The van der Waals surface area contributed by atoms with Crippen LogP contribution in [0.2, 0.25) is 0 Å². The lowest BCUT2D eigenvalue weighted by Gasteiger charge is -2.01. The molecule has 0 radical (unpaired) electrons. The van der Waals surface area contributed by atoms with Crippen LogP contribution in [-0.2, 0) is 13.0 Å². The molecule has 0 N–H and O–H groups in total. The summed E-state index contributed by atoms with van der Waals surface area (Å²) in [4.78, 5) is 4.57. The number of ether oxygens (including phenoxy) is 1. The maximum Gasteiger partial charge on any atom is 0.403 e. The van der Waals surface area contributed by atoms with Crippen molar-refractivity contribution in [3.63, 3.8) is 0 Å². The molecular formula is C21H20BrN3O. The fraction of sp³-hybridized carbons (Fsp3) is 0.143. The van der Waals surface area contributed by atoms with Crippen LogP contribution in [0.3, 0.4) is 0 Å². The molecule has 2 heterocycles. The Morgan fingerprint density at radius 1 is 0.962 bits per heavy atom. The van der Waals surface area contributed by atoms with Gasteiger partial charge in [-0.15, -0.1) is 0 Å². The number of fused-ring (bicyclic) bond motifs is 1. The quantitative estimate of drug-likeness (QED) is 0.443. The highest BCUT2D eigenvalue weighted by Gasteiger charge is 2.17. The monoisotopic (exact) mass is 409 g/mol. The molecule has 4 nitrogen and oxygen atoms in total. The molecule has 0 saturated carbocycles. The Hall–Kier alpha value is -2.66. The van der Waals surface area contributed by atoms with Gasteiger partial charge in [0.25, 0.3) is 0 Å². The number of halogens is 1. The Balaban J connectivity index is 0.00000196. The lowest BCUT2D eigenvalue weighted by Crippen LogP contribution is -3.00. The van der Waals surface area contributed by atoms with Crippen molar-refractivity contribution in [3.05, 3.63) is 96.1 Å². The molecule has 132 valence electrons. The first-order valence-corrected chi connectivity index (χ1v) is 8.35. The number of rotatable bonds is 5. The van der Waals surface area contributed by atoms with E-state index < -0.39 is 0 Å². The molecule has 0 fully saturated rings. The normalized spacial score (nSPS) is 10.5. The second-order valence-corrected chi connectivity index (χ2v) is 6.05. The molecule has 2 aromatic heterocycles. The first-order valence-electron chi connectivity index (χ1n) is 8.35. The Labute approximate surface area is 163 Å². The van der Waals surface area contributed by atoms with Crippen molar-refractivity contribution in [3.8, 4) is 5.75 Å². The molecule has 0 saturated heterocycles. The zero-order chi connectivity index (χ0) is 17.1. The highest BCUT2D eigenvalue weighted by atomic mass is 79.9. The van der Waals surface area contributed by atoms with Crippen molar-refractivity contribution < 1.29 is 26.3 Å². The van der Waals surface area contributed by atoms with E-state index in [9.17, 15) is 0 Å². The molecule has 0 aliphatic rings. The smallest absolute Gasteiger partial charge is 0.403 e. The largest absolute Gasteiger partial charge is 1.00 e. The van der Waals surface area contributed by atoms with E-state index in [-0.39, 0.29) is 17.0 Å². The second kappa shape index (κ2) is 8.15. The number of imidazole rings is 1. The molecule has 0 unspecified atom stereocenters. The van der Waals surface area contributed by atoms with Gasteiger partial charge in [0.1, 0.15) is 23.8 Å². The minimum atomic E-state index is 0. The van der Waals surface area contributed by atoms with E-state index in [2.05, 4.69) is 62.7 Å². The number of hydrogen-bond acceptors (Lipinski definition) is 2. The van der Waals surface area contributed by atoms with E-state index in [1.165, 1.54) is 16.8 Å². The molecule has 0 spiro atoms. The van der Waals surface area contributed by atoms with Crippen molar-refractivity contribution in [1.29, 1.82) is 0 Å². The van der Waals surface area contributed by atoms with Crippen LogP contribution in [-0.4, -0.2) is 16.5 Å². The third kappa shape index (κ3) is 3.78.